The Kier molecular flexibility index (Phi) is 21.0. The summed E-state index contributed by atoms with van der Waals surface area (Å²) < 4.78 is 4.99. The lowest BCUT2D eigenvalue weighted by Crippen LogP contribution is -2.49. The van der Waals surface area contributed by atoms with Crippen LogP contribution in [0.2, 0.25) is 0 Å². The average molecular weight is 471 g/mol. The van der Waals surface area contributed by atoms with Crippen LogP contribution in [0.15, 0.2) is 0 Å². The molecule has 0 aliphatic rings. The van der Waals surface area contributed by atoms with Gasteiger partial charge in [-0.1, -0.05) is 129 Å². The van der Waals surface area contributed by atoms with E-state index in [4.69, 9.17) is 4.74 Å². The highest BCUT2D eigenvalue weighted by molar-refractivity contribution is 6.08. The predicted molar refractivity (Wildman–Crippen MR) is 136 cm³/mol. The van der Waals surface area contributed by atoms with E-state index in [1.54, 1.807) is 0 Å². The highest BCUT2D eigenvalue weighted by Gasteiger charge is 2.42. The van der Waals surface area contributed by atoms with Crippen molar-refractivity contribution < 1.29 is 24.5 Å². The molecular formula is C28H54O5. The zero-order valence-electron chi connectivity index (χ0n) is 22.0. The van der Waals surface area contributed by atoms with E-state index < -0.39 is 23.5 Å². The number of ketones is 1. The van der Waals surface area contributed by atoms with Crippen LogP contribution < -0.4 is 0 Å². The van der Waals surface area contributed by atoms with Crippen molar-refractivity contribution in [3.05, 3.63) is 0 Å². The average Bonchev–Trinajstić information content (AvgIpc) is 2.79. The highest BCUT2D eigenvalue weighted by Crippen LogP contribution is 2.15. The van der Waals surface area contributed by atoms with E-state index in [0.29, 0.717) is 0 Å². The molecule has 196 valence electrons. The summed E-state index contributed by atoms with van der Waals surface area (Å²) in [6.07, 6.45) is 24.8. The summed E-state index contributed by atoms with van der Waals surface area (Å²) in [4.78, 5) is 23.4. The predicted octanol–water partition coefficient (Wildman–Crippen LogP) is 7.05. The van der Waals surface area contributed by atoms with Crippen molar-refractivity contribution in [2.24, 2.45) is 0 Å². The number of aliphatic hydroxyl groups is 2. The van der Waals surface area contributed by atoms with Crippen LogP contribution in [0.3, 0.4) is 0 Å². The minimum atomic E-state index is -2.28. The molecule has 33 heavy (non-hydrogen) atoms. The monoisotopic (exact) mass is 470 g/mol. The first-order valence-corrected chi connectivity index (χ1v) is 14.0. The fourth-order valence-electron chi connectivity index (χ4n) is 4.17. The second-order valence-corrected chi connectivity index (χ2v) is 9.97. The molecule has 0 aromatic heterocycles. The van der Waals surface area contributed by atoms with Crippen LogP contribution in [0.5, 0.6) is 0 Å². The third-order valence-corrected chi connectivity index (χ3v) is 6.49. The molecule has 5 heteroatoms. The van der Waals surface area contributed by atoms with Crippen molar-refractivity contribution in [3.8, 4) is 0 Å². The van der Waals surface area contributed by atoms with Crippen LogP contribution in [0.1, 0.15) is 149 Å². The first-order valence-electron chi connectivity index (χ1n) is 14.0. The van der Waals surface area contributed by atoms with Crippen molar-refractivity contribution in [1.82, 2.24) is 0 Å². The minimum absolute atomic E-state index is 0.195. The third kappa shape index (κ3) is 18.1. The van der Waals surface area contributed by atoms with Gasteiger partial charge in [0.25, 0.3) is 0 Å². The van der Waals surface area contributed by atoms with Crippen molar-refractivity contribution in [2.45, 2.75) is 161 Å². The van der Waals surface area contributed by atoms with E-state index in [2.05, 4.69) is 6.92 Å². The van der Waals surface area contributed by atoms with Crippen LogP contribution >= 0.6 is 0 Å². The molecule has 2 atom stereocenters. The maximum atomic E-state index is 11.8. The molecule has 0 aromatic carbocycles. The summed E-state index contributed by atoms with van der Waals surface area (Å²) in [5.74, 6) is -1.91. The molecule has 0 aliphatic carbocycles. The highest BCUT2D eigenvalue weighted by atomic mass is 16.6. The number of Topliss-reactive ketones (excluding diaryl/α,β-unsaturated/α-hetero) is 1. The van der Waals surface area contributed by atoms with Crippen molar-refractivity contribution >= 4 is 11.8 Å². The lowest BCUT2D eigenvalue weighted by Gasteiger charge is -2.21. The first-order chi connectivity index (χ1) is 15.8. The summed E-state index contributed by atoms with van der Waals surface area (Å²) in [6, 6.07) is 0. The first kappa shape index (κ1) is 32.1. The van der Waals surface area contributed by atoms with E-state index >= 15 is 0 Å². The Bertz CT molecular complexity index is 473. The minimum Gasteiger partial charge on any atom is -0.463 e. The topological polar surface area (TPSA) is 83.8 Å². The zero-order valence-corrected chi connectivity index (χ0v) is 22.0. The van der Waals surface area contributed by atoms with Gasteiger partial charge in [0.1, 0.15) is 6.10 Å². The summed E-state index contributed by atoms with van der Waals surface area (Å²) >= 11 is 0. The standard InChI is InChI=1S/C28H54O5/c1-4-5-6-7-8-9-10-11-12-13-14-15-16-17-18-19-20-21-22-23-24-33-27(31)28(3,32)26(30)25(2)29/h25,29,32H,4-24H2,1-3H3. The van der Waals surface area contributed by atoms with Crippen LogP contribution in [-0.4, -0.2) is 40.3 Å². The van der Waals surface area contributed by atoms with Gasteiger partial charge in [0.2, 0.25) is 11.4 Å². The van der Waals surface area contributed by atoms with Crippen molar-refractivity contribution in [3.63, 3.8) is 0 Å². The second-order valence-electron chi connectivity index (χ2n) is 9.97. The SMILES string of the molecule is CCCCCCCCCCCCCCCCCCCCCCOC(=O)C(C)(O)C(=O)C(C)O. The van der Waals surface area contributed by atoms with E-state index in [0.717, 1.165) is 26.2 Å². The summed E-state index contributed by atoms with van der Waals surface area (Å²) in [6.45, 7) is 4.77. The Balaban J connectivity index is 3.32. The van der Waals surface area contributed by atoms with Gasteiger partial charge in [-0.2, -0.15) is 0 Å². The molecule has 0 rings (SSSR count). The maximum Gasteiger partial charge on any atom is 0.345 e. The Morgan fingerprint density at radius 2 is 0.970 bits per heavy atom. The fourth-order valence-corrected chi connectivity index (χ4v) is 4.17. The molecule has 0 amide bonds. The number of esters is 1. The van der Waals surface area contributed by atoms with Gasteiger partial charge in [0, 0.05) is 0 Å². The van der Waals surface area contributed by atoms with Gasteiger partial charge in [-0.25, -0.2) is 4.79 Å². The zero-order chi connectivity index (χ0) is 24.8. The fraction of sp³-hybridized carbons (Fsp3) is 0.929. The number of rotatable bonds is 24. The second kappa shape index (κ2) is 21.6. The Labute approximate surface area is 204 Å². The van der Waals surface area contributed by atoms with E-state index in [1.807, 2.05) is 0 Å². The van der Waals surface area contributed by atoms with Gasteiger partial charge in [-0.3, -0.25) is 4.79 Å². The van der Waals surface area contributed by atoms with Gasteiger partial charge < -0.3 is 14.9 Å². The molecule has 0 radical (unpaired) electrons. The van der Waals surface area contributed by atoms with Crippen LogP contribution in [-0.2, 0) is 14.3 Å². The molecule has 0 aliphatic heterocycles. The van der Waals surface area contributed by atoms with Gasteiger partial charge >= 0.3 is 5.97 Å². The van der Waals surface area contributed by atoms with Crippen LogP contribution in [0.4, 0.5) is 0 Å². The lowest BCUT2D eigenvalue weighted by atomic mass is 9.97. The van der Waals surface area contributed by atoms with Crippen LogP contribution in [0, 0.1) is 0 Å². The molecule has 2 N–H and O–H groups in total. The molecule has 2 unspecified atom stereocenters. The largest absolute Gasteiger partial charge is 0.463 e. The molecule has 0 aromatic rings. The van der Waals surface area contributed by atoms with E-state index in [-0.39, 0.29) is 6.61 Å². The molecule has 0 spiro atoms. The summed E-state index contributed by atoms with van der Waals surface area (Å²) in [5, 5.41) is 19.1. The number of carbonyl (C=O) groups is 2. The summed E-state index contributed by atoms with van der Waals surface area (Å²) in [7, 11) is 0. The maximum absolute atomic E-state index is 11.8. The van der Waals surface area contributed by atoms with Gasteiger partial charge in [-0.05, 0) is 20.3 Å². The Hall–Kier alpha value is -0.940. The molecule has 0 heterocycles. The van der Waals surface area contributed by atoms with E-state index in [9.17, 15) is 19.8 Å². The number of aliphatic hydroxyl groups excluding tert-OH is 1. The van der Waals surface area contributed by atoms with Gasteiger partial charge in [0.15, 0.2) is 0 Å². The molecule has 0 fully saturated rings. The Morgan fingerprint density at radius 3 is 1.27 bits per heavy atom. The molecule has 0 bridgehead atoms. The smallest absolute Gasteiger partial charge is 0.345 e. The summed E-state index contributed by atoms with van der Waals surface area (Å²) in [5.41, 5.74) is -2.28. The molecule has 0 saturated carbocycles. The molecule has 5 nitrogen and oxygen atoms in total. The number of carbonyl (C=O) groups excluding carboxylic acids is 2. The van der Waals surface area contributed by atoms with E-state index in [1.165, 1.54) is 116 Å². The Morgan fingerprint density at radius 1 is 0.667 bits per heavy atom. The number of hydrogen-bond acceptors (Lipinski definition) is 5. The van der Waals surface area contributed by atoms with Crippen molar-refractivity contribution in [1.29, 1.82) is 0 Å². The quantitative estimate of drug-likeness (QED) is 0.0896. The molecule has 0 saturated heterocycles. The molecular weight excluding hydrogens is 416 g/mol. The lowest BCUT2D eigenvalue weighted by molar-refractivity contribution is -0.171. The third-order valence-electron chi connectivity index (χ3n) is 6.49. The number of unbranched alkanes of at least 4 members (excludes halogenated alkanes) is 19. The number of hydrogen-bond donors (Lipinski definition) is 2. The number of ether oxygens (including phenoxy) is 1. The van der Waals surface area contributed by atoms with Gasteiger partial charge in [0.05, 0.1) is 6.61 Å². The van der Waals surface area contributed by atoms with Gasteiger partial charge in [-0.15, -0.1) is 0 Å². The van der Waals surface area contributed by atoms with Crippen molar-refractivity contribution in [2.75, 3.05) is 6.61 Å². The normalized spacial score (nSPS) is 14.1. The van der Waals surface area contributed by atoms with Crippen LogP contribution in [0.25, 0.3) is 0 Å².